The minimum absolute atomic E-state index is 0.368. The molecule has 1 aliphatic heterocycles. The van der Waals surface area contributed by atoms with Crippen molar-refractivity contribution in [2.75, 3.05) is 18.0 Å². The maximum Gasteiger partial charge on any atom is 0.326 e. The van der Waals surface area contributed by atoms with Crippen LogP contribution in [0, 0.1) is 0 Å². The molecular formula is C26H32N2O4S. The van der Waals surface area contributed by atoms with Crippen molar-refractivity contribution in [3.63, 3.8) is 0 Å². The third-order valence-corrected chi connectivity index (χ3v) is 9.19. The first-order valence-corrected chi connectivity index (χ1v) is 13.5. The van der Waals surface area contributed by atoms with Gasteiger partial charge in [0.2, 0.25) is 5.91 Å². The van der Waals surface area contributed by atoms with Crippen LogP contribution in [0.5, 0.6) is 5.75 Å². The number of ether oxygens (including phenoxy) is 1. The molecule has 0 bridgehead atoms. The smallest absolute Gasteiger partial charge is 0.326 e. The van der Waals surface area contributed by atoms with Crippen molar-refractivity contribution in [1.29, 1.82) is 0 Å². The number of rotatable bonds is 6. The molecule has 1 amide bonds. The van der Waals surface area contributed by atoms with Gasteiger partial charge in [-0.05, 0) is 67.7 Å². The van der Waals surface area contributed by atoms with Gasteiger partial charge in [-0.3, -0.25) is 9.10 Å². The molecular weight excluding hydrogens is 436 g/mol. The largest absolute Gasteiger partial charge is 0.496 e. The summed E-state index contributed by atoms with van der Waals surface area (Å²) in [6.45, 7) is 0.368. The molecule has 2 aromatic carbocycles. The summed E-state index contributed by atoms with van der Waals surface area (Å²) in [6, 6.07) is 13.7. The fourth-order valence-corrected chi connectivity index (χ4v) is 7.13. The average Bonchev–Trinajstić information content (AvgIpc) is 3.32. The average molecular weight is 469 g/mol. The molecule has 7 heteroatoms. The Morgan fingerprint density at radius 2 is 1.82 bits per heavy atom. The first-order valence-electron chi connectivity index (χ1n) is 12.1. The number of methoxy groups -OCH3 is 1. The first kappa shape index (κ1) is 22.3. The number of hydrogen-bond acceptors (Lipinski definition) is 4. The zero-order valence-electron chi connectivity index (χ0n) is 19.2. The van der Waals surface area contributed by atoms with Gasteiger partial charge in [0.05, 0.1) is 18.2 Å². The van der Waals surface area contributed by atoms with Crippen LogP contribution in [0.1, 0.15) is 74.0 Å². The maximum atomic E-state index is 13.6. The Bertz CT molecular complexity index is 1150. The molecule has 2 saturated carbocycles. The number of amides is 1. The monoisotopic (exact) mass is 468 g/mol. The van der Waals surface area contributed by atoms with Crippen molar-refractivity contribution >= 4 is 21.8 Å². The van der Waals surface area contributed by atoms with E-state index >= 15 is 0 Å². The van der Waals surface area contributed by atoms with E-state index in [0.29, 0.717) is 36.7 Å². The van der Waals surface area contributed by atoms with Gasteiger partial charge in [0, 0.05) is 12.1 Å². The minimum atomic E-state index is -4.02. The third kappa shape index (κ3) is 3.90. The van der Waals surface area contributed by atoms with E-state index in [2.05, 4.69) is 16.9 Å². The predicted octanol–water partition coefficient (Wildman–Crippen LogP) is 4.59. The second kappa shape index (κ2) is 8.67. The summed E-state index contributed by atoms with van der Waals surface area (Å²) in [5.41, 5.74) is 2.84. The zero-order chi connectivity index (χ0) is 23.1. The standard InChI is InChI=1S/C26H32N2O4S/c1-32-24-14-13-21(19-8-2-3-9-19)18-22(24)26(15-7-16-26)25(29)27-33(30,31)28-17-6-11-20-10-4-5-12-23(20)28/h4-5,10,12-14,18-19H,2-3,6-9,11,15-17H2,1H3,(H,27,29). The van der Waals surface area contributed by atoms with Gasteiger partial charge in [-0.1, -0.05) is 49.6 Å². The highest BCUT2D eigenvalue weighted by atomic mass is 32.2. The summed E-state index contributed by atoms with van der Waals surface area (Å²) in [4.78, 5) is 13.6. The number of aryl methyl sites for hydroxylation is 1. The zero-order valence-corrected chi connectivity index (χ0v) is 20.0. The van der Waals surface area contributed by atoms with Crippen LogP contribution in [0.4, 0.5) is 5.69 Å². The molecule has 0 aromatic heterocycles. The molecule has 0 atom stereocenters. The van der Waals surface area contributed by atoms with Gasteiger partial charge in [0.15, 0.2) is 0 Å². The summed E-state index contributed by atoms with van der Waals surface area (Å²) in [6.07, 6.45) is 8.48. The lowest BCUT2D eigenvalue weighted by Gasteiger charge is -2.42. The molecule has 2 fully saturated rings. The van der Waals surface area contributed by atoms with E-state index in [1.165, 1.54) is 22.7 Å². The third-order valence-electron chi connectivity index (χ3n) is 7.79. The number of carbonyl (C=O) groups excluding carboxylic acids is 1. The van der Waals surface area contributed by atoms with Crippen LogP contribution in [0.25, 0.3) is 0 Å². The van der Waals surface area contributed by atoms with Crippen LogP contribution in [0.2, 0.25) is 0 Å². The molecule has 1 heterocycles. The number of para-hydroxylation sites is 1. The number of fused-ring (bicyclic) bond motifs is 1. The molecule has 3 aliphatic rings. The number of nitrogens with one attached hydrogen (secondary N) is 1. The van der Waals surface area contributed by atoms with Crippen molar-refractivity contribution in [2.24, 2.45) is 0 Å². The number of carbonyl (C=O) groups is 1. The molecule has 33 heavy (non-hydrogen) atoms. The molecule has 0 saturated heterocycles. The fraction of sp³-hybridized carbons (Fsp3) is 0.500. The number of benzene rings is 2. The van der Waals surface area contributed by atoms with E-state index in [4.69, 9.17) is 4.74 Å². The lowest BCUT2D eigenvalue weighted by atomic mass is 9.63. The fourth-order valence-electron chi connectivity index (χ4n) is 5.78. The summed E-state index contributed by atoms with van der Waals surface area (Å²) < 4.78 is 36.2. The van der Waals surface area contributed by atoms with Gasteiger partial charge in [0.25, 0.3) is 0 Å². The van der Waals surface area contributed by atoms with E-state index in [1.54, 1.807) is 7.11 Å². The summed E-state index contributed by atoms with van der Waals surface area (Å²) in [5, 5.41) is 0. The van der Waals surface area contributed by atoms with Gasteiger partial charge in [-0.15, -0.1) is 0 Å². The Hall–Kier alpha value is -2.54. The molecule has 0 spiro atoms. The van der Waals surface area contributed by atoms with Crippen molar-refractivity contribution < 1.29 is 17.9 Å². The summed E-state index contributed by atoms with van der Waals surface area (Å²) >= 11 is 0. The van der Waals surface area contributed by atoms with Crippen molar-refractivity contribution in [3.05, 3.63) is 59.2 Å². The molecule has 0 unspecified atom stereocenters. The predicted molar refractivity (Wildman–Crippen MR) is 129 cm³/mol. The summed E-state index contributed by atoms with van der Waals surface area (Å²) in [5.74, 6) is 0.717. The molecule has 2 aliphatic carbocycles. The molecule has 1 N–H and O–H groups in total. The topological polar surface area (TPSA) is 75.7 Å². The van der Waals surface area contributed by atoms with E-state index in [0.717, 1.165) is 43.2 Å². The van der Waals surface area contributed by atoms with Crippen LogP contribution in [-0.4, -0.2) is 28.0 Å². The highest BCUT2D eigenvalue weighted by Crippen LogP contribution is 2.49. The highest BCUT2D eigenvalue weighted by Gasteiger charge is 2.49. The highest BCUT2D eigenvalue weighted by molar-refractivity contribution is 7.91. The Balaban J connectivity index is 1.46. The van der Waals surface area contributed by atoms with E-state index < -0.39 is 21.5 Å². The van der Waals surface area contributed by atoms with E-state index in [-0.39, 0.29) is 0 Å². The van der Waals surface area contributed by atoms with Crippen LogP contribution in [-0.2, 0) is 26.8 Å². The normalized spacial score (nSPS) is 20.1. The second-order valence-electron chi connectivity index (χ2n) is 9.62. The van der Waals surface area contributed by atoms with Gasteiger partial charge in [0.1, 0.15) is 5.75 Å². The Labute approximate surface area is 196 Å². The SMILES string of the molecule is COc1ccc(C2CCCC2)cc1C1(C(=O)NS(=O)(=O)N2CCCc3ccccc32)CCC1. The molecule has 176 valence electrons. The van der Waals surface area contributed by atoms with E-state index in [9.17, 15) is 13.2 Å². The second-order valence-corrected chi connectivity index (χ2v) is 11.2. The first-order chi connectivity index (χ1) is 15.9. The van der Waals surface area contributed by atoms with Crippen LogP contribution in [0.15, 0.2) is 42.5 Å². The number of hydrogen-bond donors (Lipinski definition) is 1. The van der Waals surface area contributed by atoms with Crippen LogP contribution in [0.3, 0.4) is 0 Å². The van der Waals surface area contributed by atoms with Gasteiger partial charge < -0.3 is 4.74 Å². The van der Waals surface area contributed by atoms with Gasteiger partial charge in [-0.25, -0.2) is 4.72 Å². The number of anilines is 1. The maximum absolute atomic E-state index is 13.6. The summed E-state index contributed by atoms with van der Waals surface area (Å²) in [7, 11) is -2.40. The van der Waals surface area contributed by atoms with E-state index in [1.807, 2.05) is 30.3 Å². The van der Waals surface area contributed by atoms with Crippen molar-refractivity contribution in [3.8, 4) is 5.75 Å². The minimum Gasteiger partial charge on any atom is -0.496 e. The Morgan fingerprint density at radius 3 is 2.52 bits per heavy atom. The van der Waals surface area contributed by atoms with Crippen molar-refractivity contribution in [1.82, 2.24) is 4.72 Å². The van der Waals surface area contributed by atoms with Gasteiger partial charge >= 0.3 is 10.2 Å². The lowest BCUT2D eigenvalue weighted by Crippen LogP contribution is -2.54. The lowest BCUT2D eigenvalue weighted by molar-refractivity contribution is -0.128. The molecule has 2 aromatic rings. The Kier molecular flexibility index (Phi) is 5.85. The van der Waals surface area contributed by atoms with Gasteiger partial charge in [-0.2, -0.15) is 8.42 Å². The quantitative estimate of drug-likeness (QED) is 0.673. The molecule has 5 rings (SSSR count). The number of nitrogens with zero attached hydrogens (tertiary/aromatic N) is 1. The molecule has 6 nitrogen and oxygen atoms in total. The van der Waals surface area contributed by atoms with Crippen LogP contribution < -0.4 is 13.8 Å². The van der Waals surface area contributed by atoms with Crippen molar-refractivity contribution in [2.45, 2.75) is 69.1 Å². The Morgan fingerprint density at radius 1 is 1.06 bits per heavy atom. The van der Waals surface area contributed by atoms with Crippen LogP contribution >= 0.6 is 0 Å². The molecule has 0 radical (unpaired) electrons.